The van der Waals surface area contributed by atoms with Crippen LogP contribution < -0.4 is 0 Å². The van der Waals surface area contributed by atoms with E-state index in [0.717, 1.165) is 0 Å². The Morgan fingerprint density at radius 2 is 1.57 bits per heavy atom. The molecule has 0 aromatic heterocycles. The largest absolute Gasteiger partial charge is 0.377 e. The van der Waals surface area contributed by atoms with Crippen LogP contribution in [0.5, 0.6) is 0 Å². The van der Waals surface area contributed by atoms with Crippen LogP contribution in [0.15, 0.2) is 35.0 Å². The first-order chi connectivity index (χ1) is 10.0. The van der Waals surface area contributed by atoms with Gasteiger partial charge < -0.3 is 9.64 Å². The normalized spacial score (nSPS) is 26.1. The summed E-state index contributed by atoms with van der Waals surface area (Å²) in [6.45, 7) is 4.96. The van der Waals surface area contributed by atoms with Gasteiger partial charge in [-0.05, 0) is 13.8 Å². The number of morpholine rings is 1. The topological polar surface area (TPSA) is 46.6 Å². The highest BCUT2D eigenvalue weighted by atomic mass is 35.5. The lowest BCUT2D eigenvalue weighted by Crippen LogP contribution is -2.51. The fourth-order valence-electron chi connectivity index (χ4n) is 3.01. The van der Waals surface area contributed by atoms with Gasteiger partial charge in [-0.15, -0.1) is 0 Å². The number of fused-ring (bicyclic) bond motifs is 1. The molecule has 0 unspecified atom stereocenters. The van der Waals surface area contributed by atoms with Crippen molar-refractivity contribution in [1.82, 2.24) is 4.90 Å². The summed E-state index contributed by atoms with van der Waals surface area (Å²) in [5.41, 5.74) is 1.11. The molecule has 0 spiro atoms. The fraction of sp³-hybridized carbons (Fsp3) is 0.375. The molecule has 1 aromatic carbocycles. The Hall–Kier alpha value is -1.65. The molecule has 1 heterocycles. The summed E-state index contributed by atoms with van der Waals surface area (Å²) in [5, 5.41) is 0.0132. The highest BCUT2D eigenvalue weighted by Gasteiger charge is 2.38. The van der Waals surface area contributed by atoms with E-state index in [-0.39, 0.29) is 28.7 Å². The first kappa shape index (κ1) is 14.3. The number of allylic oxidation sites excluding steroid dienone is 2. The molecular formula is C16H16ClNO3. The summed E-state index contributed by atoms with van der Waals surface area (Å²) in [5.74, 6) is -0.469. The van der Waals surface area contributed by atoms with E-state index >= 15 is 0 Å². The number of hydrogen-bond donors (Lipinski definition) is 0. The molecule has 0 amide bonds. The summed E-state index contributed by atoms with van der Waals surface area (Å²) in [7, 11) is 0. The minimum Gasteiger partial charge on any atom is -0.377 e. The maximum Gasteiger partial charge on any atom is 0.211 e. The summed E-state index contributed by atoms with van der Waals surface area (Å²) in [6, 6.07) is 6.81. The molecule has 1 aliphatic heterocycles. The van der Waals surface area contributed by atoms with Gasteiger partial charge in [0.05, 0.1) is 25.3 Å². The zero-order valence-corrected chi connectivity index (χ0v) is 12.7. The van der Waals surface area contributed by atoms with Gasteiger partial charge in [0, 0.05) is 11.1 Å². The van der Waals surface area contributed by atoms with Crippen LogP contribution >= 0.6 is 11.6 Å². The van der Waals surface area contributed by atoms with E-state index in [0.29, 0.717) is 30.0 Å². The number of hydrogen-bond acceptors (Lipinski definition) is 4. The maximum atomic E-state index is 12.8. The van der Waals surface area contributed by atoms with E-state index in [4.69, 9.17) is 16.3 Å². The number of Topliss-reactive ketones (excluding diaryl/α,β-unsaturated/α-hetero) is 2. The summed E-state index contributed by atoms with van der Waals surface area (Å²) < 4.78 is 5.48. The van der Waals surface area contributed by atoms with Crippen LogP contribution in [0.2, 0.25) is 0 Å². The monoisotopic (exact) mass is 305 g/mol. The van der Waals surface area contributed by atoms with Gasteiger partial charge in [0.25, 0.3) is 0 Å². The Labute approximate surface area is 128 Å². The lowest BCUT2D eigenvalue weighted by Gasteiger charge is -2.42. The molecule has 4 nitrogen and oxygen atoms in total. The molecule has 0 saturated carbocycles. The van der Waals surface area contributed by atoms with Gasteiger partial charge in [-0.2, -0.15) is 0 Å². The number of carbonyl (C=O) groups excluding carboxylic acids is 2. The van der Waals surface area contributed by atoms with Crippen molar-refractivity contribution in [2.45, 2.75) is 25.9 Å². The van der Waals surface area contributed by atoms with Crippen molar-refractivity contribution in [1.29, 1.82) is 0 Å². The lowest BCUT2D eigenvalue weighted by molar-refractivity contribution is -0.0183. The number of rotatable bonds is 1. The van der Waals surface area contributed by atoms with Gasteiger partial charge >= 0.3 is 0 Å². The van der Waals surface area contributed by atoms with E-state index in [9.17, 15) is 9.59 Å². The van der Waals surface area contributed by atoms with Crippen molar-refractivity contribution in [2.24, 2.45) is 0 Å². The van der Waals surface area contributed by atoms with Crippen molar-refractivity contribution < 1.29 is 14.3 Å². The average molecular weight is 306 g/mol. The quantitative estimate of drug-likeness (QED) is 0.800. The summed E-state index contributed by atoms with van der Waals surface area (Å²) >= 11 is 6.25. The van der Waals surface area contributed by atoms with E-state index in [2.05, 4.69) is 0 Å². The van der Waals surface area contributed by atoms with Crippen molar-refractivity contribution in [3.05, 3.63) is 46.1 Å². The Balaban J connectivity index is 2.12. The van der Waals surface area contributed by atoms with Gasteiger partial charge in [-0.1, -0.05) is 35.9 Å². The molecule has 0 N–H and O–H groups in total. The van der Waals surface area contributed by atoms with Crippen LogP contribution in [0.1, 0.15) is 34.6 Å². The SMILES string of the molecule is C[C@H]1COC[C@H](C)N1C1=C(Cl)C(=O)c2ccccc2C1=O. The molecule has 1 aliphatic carbocycles. The molecule has 1 fully saturated rings. The maximum absolute atomic E-state index is 12.8. The molecule has 2 atom stereocenters. The first-order valence-electron chi connectivity index (χ1n) is 6.96. The highest BCUT2D eigenvalue weighted by Crippen LogP contribution is 2.33. The third kappa shape index (κ3) is 2.19. The van der Waals surface area contributed by atoms with Gasteiger partial charge in [0.1, 0.15) is 10.7 Å². The first-order valence-corrected chi connectivity index (χ1v) is 7.34. The summed E-state index contributed by atoms with van der Waals surface area (Å²) in [4.78, 5) is 27.1. The van der Waals surface area contributed by atoms with Crippen LogP contribution in [0.4, 0.5) is 0 Å². The second kappa shape index (κ2) is 5.28. The van der Waals surface area contributed by atoms with Crippen LogP contribution in [0.3, 0.4) is 0 Å². The number of ketones is 2. The van der Waals surface area contributed by atoms with Crippen LogP contribution in [0, 0.1) is 0 Å². The Morgan fingerprint density at radius 3 is 2.14 bits per heavy atom. The Bertz CT molecular complexity index is 643. The van der Waals surface area contributed by atoms with E-state index in [1.54, 1.807) is 24.3 Å². The fourth-order valence-corrected chi connectivity index (χ4v) is 3.29. The van der Waals surface area contributed by atoms with E-state index in [1.807, 2.05) is 18.7 Å². The van der Waals surface area contributed by atoms with Gasteiger partial charge in [0.15, 0.2) is 0 Å². The van der Waals surface area contributed by atoms with E-state index < -0.39 is 0 Å². The standard InChI is InChI=1S/C16H16ClNO3/c1-9-7-21-8-10(2)18(9)14-13(17)15(19)11-5-3-4-6-12(11)16(14)20/h3-6,9-10H,7-8H2,1-2H3/t9-,10-/m0/s1. The zero-order valence-electron chi connectivity index (χ0n) is 11.9. The van der Waals surface area contributed by atoms with Gasteiger partial charge in [-0.25, -0.2) is 0 Å². The molecule has 2 aliphatic rings. The number of carbonyl (C=O) groups is 2. The lowest BCUT2D eigenvalue weighted by atomic mass is 9.90. The third-order valence-electron chi connectivity index (χ3n) is 3.96. The minimum absolute atomic E-state index is 0.000452. The van der Waals surface area contributed by atoms with Crippen LogP contribution in [0.25, 0.3) is 0 Å². The number of halogens is 1. The van der Waals surface area contributed by atoms with Crippen molar-refractivity contribution in [3.63, 3.8) is 0 Å². The molecule has 0 radical (unpaired) electrons. The molecule has 5 heteroatoms. The third-order valence-corrected chi connectivity index (χ3v) is 4.32. The molecule has 110 valence electrons. The predicted octanol–water partition coefficient (Wildman–Crippen LogP) is 2.63. The zero-order chi connectivity index (χ0) is 15.1. The highest BCUT2D eigenvalue weighted by molar-refractivity contribution is 6.49. The number of nitrogens with zero attached hydrogens (tertiary/aromatic N) is 1. The Morgan fingerprint density at radius 1 is 1.05 bits per heavy atom. The second-order valence-electron chi connectivity index (χ2n) is 5.51. The number of benzene rings is 1. The Kier molecular flexibility index (Phi) is 3.59. The van der Waals surface area contributed by atoms with E-state index in [1.165, 1.54) is 0 Å². The van der Waals surface area contributed by atoms with Crippen LogP contribution in [-0.2, 0) is 4.74 Å². The van der Waals surface area contributed by atoms with Gasteiger partial charge in [0.2, 0.25) is 11.6 Å². The number of ether oxygens (including phenoxy) is 1. The smallest absolute Gasteiger partial charge is 0.211 e. The molecule has 1 saturated heterocycles. The van der Waals surface area contributed by atoms with Crippen molar-refractivity contribution in [3.8, 4) is 0 Å². The van der Waals surface area contributed by atoms with Crippen molar-refractivity contribution in [2.75, 3.05) is 13.2 Å². The summed E-state index contributed by atoms with van der Waals surface area (Å²) in [6.07, 6.45) is 0. The average Bonchev–Trinajstić information content (AvgIpc) is 2.48. The molecule has 0 bridgehead atoms. The predicted molar refractivity (Wildman–Crippen MR) is 79.6 cm³/mol. The molecular weight excluding hydrogens is 290 g/mol. The molecule has 3 rings (SSSR count). The van der Waals surface area contributed by atoms with Crippen LogP contribution in [-0.4, -0.2) is 41.8 Å². The molecule has 1 aromatic rings. The molecule has 21 heavy (non-hydrogen) atoms. The minimum atomic E-state index is -0.284. The second-order valence-corrected chi connectivity index (χ2v) is 5.89. The van der Waals surface area contributed by atoms with Crippen molar-refractivity contribution >= 4 is 23.2 Å². The van der Waals surface area contributed by atoms with Gasteiger partial charge in [-0.3, -0.25) is 9.59 Å².